The summed E-state index contributed by atoms with van der Waals surface area (Å²) in [6.07, 6.45) is 5.17. The maximum atomic E-state index is 13.0. The standard InChI is InChI=1S/C21H27F2N3O4/c1-3-25(15-7-5-4-6-8-15)17(27)13-26-18(28)21(2,24-20(26)29)14-9-11-16(12-10-14)30-19(22)23/h9-12,15,19H,3-8,13H2,1-2H3,(H,24,29)/t21-/m1/s1. The lowest BCUT2D eigenvalue weighted by atomic mass is 9.92. The van der Waals surface area contributed by atoms with Crippen LogP contribution in [-0.4, -0.2) is 53.4 Å². The third-order valence-electron chi connectivity index (χ3n) is 5.90. The van der Waals surface area contributed by atoms with Crippen LogP contribution in [0, 0.1) is 0 Å². The molecule has 1 aromatic carbocycles. The Bertz CT molecular complexity index is 796. The van der Waals surface area contributed by atoms with Crippen LogP contribution in [0.4, 0.5) is 13.6 Å². The van der Waals surface area contributed by atoms with Crippen LogP contribution < -0.4 is 10.1 Å². The lowest BCUT2D eigenvalue weighted by Gasteiger charge is -2.34. The number of urea groups is 1. The van der Waals surface area contributed by atoms with Gasteiger partial charge in [0.1, 0.15) is 17.8 Å². The first-order valence-electron chi connectivity index (χ1n) is 10.2. The molecule has 0 spiro atoms. The molecule has 1 aliphatic carbocycles. The number of hydrogen-bond acceptors (Lipinski definition) is 4. The largest absolute Gasteiger partial charge is 0.435 e. The van der Waals surface area contributed by atoms with E-state index in [1.54, 1.807) is 4.90 Å². The summed E-state index contributed by atoms with van der Waals surface area (Å²) in [5, 5.41) is 2.63. The maximum absolute atomic E-state index is 13.0. The van der Waals surface area contributed by atoms with E-state index in [1.165, 1.54) is 31.2 Å². The van der Waals surface area contributed by atoms with Gasteiger partial charge in [0.2, 0.25) is 5.91 Å². The monoisotopic (exact) mass is 423 g/mol. The van der Waals surface area contributed by atoms with Gasteiger partial charge in [0.15, 0.2) is 0 Å². The second kappa shape index (κ2) is 8.97. The highest BCUT2D eigenvalue weighted by Crippen LogP contribution is 2.31. The van der Waals surface area contributed by atoms with Gasteiger partial charge < -0.3 is 15.0 Å². The van der Waals surface area contributed by atoms with Crippen molar-refractivity contribution in [2.24, 2.45) is 0 Å². The lowest BCUT2D eigenvalue weighted by molar-refractivity contribution is -0.140. The fourth-order valence-electron chi connectivity index (χ4n) is 4.26. The van der Waals surface area contributed by atoms with Crippen molar-refractivity contribution in [2.75, 3.05) is 13.1 Å². The number of amides is 4. The van der Waals surface area contributed by atoms with Crippen molar-refractivity contribution in [3.8, 4) is 5.75 Å². The van der Waals surface area contributed by atoms with E-state index in [0.29, 0.717) is 12.1 Å². The topological polar surface area (TPSA) is 79.0 Å². The molecule has 30 heavy (non-hydrogen) atoms. The Morgan fingerprint density at radius 3 is 2.43 bits per heavy atom. The highest BCUT2D eigenvalue weighted by Gasteiger charge is 2.49. The molecule has 7 nitrogen and oxygen atoms in total. The number of nitrogens with one attached hydrogen (secondary N) is 1. The third-order valence-corrected chi connectivity index (χ3v) is 5.90. The first-order chi connectivity index (χ1) is 14.3. The minimum absolute atomic E-state index is 0.0489. The molecule has 1 aromatic rings. The summed E-state index contributed by atoms with van der Waals surface area (Å²) in [5.74, 6) is -0.854. The number of rotatable bonds is 7. The number of hydrogen-bond donors (Lipinski definition) is 1. The summed E-state index contributed by atoms with van der Waals surface area (Å²) >= 11 is 0. The van der Waals surface area contributed by atoms with Crippen molar-refractivity contribution >= 4 is 17.8 Å². The number of benzene rings is 1. The number of imide groups is 1. The van der Waals surface area contributed by atoms with E-state index >= 15 is 0 Å². The molecule has 1 saturated carbocycles. The van der Waals surface area contributed by atoms with Gasteiger partial charge in [0, 0.05) is 12.6 Å². The Morgan fingerprint density at radius 2 is 1.87 bits per heavy atom. The van der Waals surface area contributed by atoms with Gasteiger partial charge in [-0.25, -0.2) is 4.79 Å². The van der Waals surface area contributed by atoms with E-state index in [1.807, 2.05) is 6.92 Å². The van der Waals surface area contributed by atoms with Gasteiger partial charge in [0.05, 0.1) is 0 Å². The Labute approximate surface area is 174 Å². The predicted octanol–water partition coefficient (Wildman–Crippen LogP) is 3.24. The van der Waals surface area contributed by atoms with Gasteiger partial charge in [-0.3, -0.25) is 14.5 Å². The van der Waals surface area contributed by atoms with Crippen LogP contribution >= 0.6 is 0 Å². The van der Waals surface area contributed by atoms with Crippen molar-refractivity contribution in [3.63, 3.8) is 0 Å². The summed E-state index contributed by atoms with van der Waals surface area (Å²) in [5.41, 5.74) is -0.972. The predicted molar refractivity (Wildman–Crippen MR) is 105 cm³/mol. The first kappa shape index (κ1) is 22.0. The number of halogens is 2. The van der Waals surface area contributed by atoms with Crippen LogP contribution in [0.1, 0.15) is 51.5 Å². The van der Waals surface area contributed by atoms with Crippen molar-refractivity contribution < 1.29 is 27.9 Å². The van der Waals surface area contributed by atoms with Crippen molar-refractivity contribution in [1.29, 1.82) is 0 Å². The molecule has 1 heterocycles. The number of nitrogens with zero attached hydrogens (tertiary/aromatic N) is 2. The minimum atomic E-state index is -2.95. The summed E-state index contributed by atoms with van der Waals surface area (Å²) in [4.78, 5) is 41.1. The number of carbonyl (C=O) groups is 3. The summed E-state index contributed by atoms with van der Waals surface area (Å²) in [7, 11) is 0. The molecule has 0 bridgehead atoms. The molecule has 0 aromatic heterocycles. The van der Waals surface area contributed by atoms with Crippen molar-refractivity contribution in [1.82, 2.24) is 15.1 Å². The Kier molecular flexibility index (Phi) is 6.58. The highest BCUT2D eigenvalue weighted by atomic mass is 19.3. The molecule has 9 heteroatoms. The van der Waals surface area contributed by atoms with E-state index in [-0.39, 0.29) is 24.2 Å². The zero-order valence-electron chi connectivity index (χ0n) is 17.2. The van der Waals surface area contributed by atoms with Gasteiger partial charge in [-0.15, -0.1) is 0 Å². The molecule has 3 rings (SSSR count). The van der Waals surface area contributed by atoms with Crippen LogP contribution in [-0.2, 0) is 15.1 Å². The van der Waals surface area contributed by atoms with E-state index < -0.39 is 24.1 Å². The molecule has 164 valence electrons. The molecule has 1 N–H and O–H groups in total. The van der Waals surface area contributed by atoms with Crippen molar-refractivity contribution in [2.45, 2.75) is 64.1 Å². The third kappa shape index (κ3) is 4.39. The van der Waals surface area contributed by atoms with E-state index in [0.717, 1.165) is 37.0 Å². The van der Waals surface area contributed by atoms with Crippen molar-refractivity contribution in [3.05, 3.63) is 29.8 Å². The molecular weight excluding hydrogens is 396 g/mol. The van der Waals surface area contributed by atoms with E-state index in [9.17, 15) is 23.2 Å². The van der Waals surface area contributed by atoms with Gasteiger partial charge in [-0.05, 0) is 44.4 Å². The van der Waals surface area contributed by atoms with E-state index in [2.05, 4.69) is 10.1 Å². The molecule has 1 saturated heterocycles. The van der Waals surface area contributed by atoms with Gasteiger partial charge >= 0.3 is 12.6 Å². The molecular formula is C21H27F2N3O4. The van der Waals surface area contributed by atoms with Gasteiger partial charge in [-0.1, -0.05) is 31.4 Å². The molecule has 0 unspecified atom stereocenters. The number of likely N-dealkylation sites (N-methyl/N-ethyl adjacent to an activating group) is 1. The molecule has 1 atom stereocenters. The second-order valence-corrected chi connectivity index (χ2v) is 7.82. The second-order valence-electron chi connectivity index (χ2n) is 7.82. The fraction of sp³-hybridized carbons (Fsp3) is 0.571. The lowest BCUT2D eigenvalue weighted by Crippen LogP contribution is -2.48. The quantitative estimate of drug-likeness (QED) is 0.683. The summed E-state index contributed by atoms with van der Waals surface area (Å²) < 4.78 is 29.0. The Morgan fingerprint density at radius 1 is 1.23 bits per heavy atom. The first-order valence-corrected chi connectivity index (χ1v) is 10.2. The summed E-state index contributed by atoms with van der Waals surface area (Å²) in [6, 6.07) is 5.00. The Hall–Kier alpha value is -2.71. The maximum Gasteiger partial charge on any atom is 0.387 e. The summed E-state index contributed by atoms with van der Waals surface area (Å²) in [6.45, 7) is 0.671. The van der Waals surface area contributed by atoms with Gasteiger partial charge in [-0.2, -0.15) is 8.78 Å². The van der Waals surface area contributed by atoms with Crippen LogP contribution in [0.15, 0.2) is 24.3 Å². The van der Waals surface area contributed by atoms with Crippen LogP contribution in [0.25, 0.3) is 0 Å². The number of carbonyl (C=O) groups excluding carboxylic acids is 3. The molecule has 2 fully saturated rings. The smallest absolute Gasteiger partial charge is 0.387 e. The molecule has 0 radical (unpaired) electrons. The minimum Gasteiger partial charge on any atom is -0.435 e. The van der Waals surface area contributed by atoms with Crippen LogP contribution in [0.5, 0.6) is 5.75 Å². The van der Waals surface area contributed by atoms with E-state index in [4.69, 9.17) is 0 Å². The highest BCUT2D eigenvalue weighted by molar-refractivity contribution is 6.09. The van der Waals surface area contributed by atoms with Gasteiger partial charge in [0.25, 0.3) is 5.91 Å². The zero-order valence-corrected chi connectivity index (χ0v) is 17.2. The Balaban J connectivity index is 1.72. The molecule has 1 aliphatic heterocycles. The molecule has 2 aliphatic rings. The van der Waals surface area contributed by atoms with Crippen LogP contribution in [0.2, 0.25) is 0 Å². The fourth-order valence-corrected chi connectivity index (χ4v) is 4.26. The zero-order chi connectivity index (χ0) is 21.9. The normalized spacial score (nSPS) is 22.4. The number of ether oxygens (including phenoxy) is 1. The average molecular weight is 423 g/mol. The number of alkyl halides is 2. The average Bonchev–Trinajstić information content (AvgIpc) is 2.93. The van der Waals surface area contributed by atoms with Crippen LogP contribution in [0.3, 0.4) is 0 Å². The molecule has 4 amide bonds. The SMILES string of the molecule is CCN(C(=O)CN1C(=O)N[C@](C)(c2ccc(OC(F)F)cc2)C1=O)C1CCCCC1.